The number of rotatable bonds is 6. The molecular formula is C24H42N10O7. The van der Waals surface area contributed by atoms with Crippen molar-refractivity contribution < 1.29 is 33.6 Å². The lowest BCUT2D eigenvalue weighted by atomic mass is 10.1. The molecule has 0 spiro atoms. The largest absolute Gasteiger partial charge is 0.370 e. The molecule has 7 amide bonds. The summed E-state index contributed by atoms with van der Waals surface area (Å²) in [4.78, 5) is 91.2. The summed E-state index contributed by atoms with van der Waals surface area (Å²) in [6, 6.07) is -5.70. The van der Waals surface area contributed by atoms with Crippen LogP contribution in [0.25, 0.3) is 0 Å². The second-order valence-electron chi connectivity index (χ2n) is 9.74. The van der Waals surface area contributed by atoms with Crippen LogP contribution in [-0.2, 0) is 33.6 Å². The Bertz CT molecular complexity index is 1010. The minimum Gasteiger partial charge on any atom is -0.370 e. The summed E-state index contributed by atoms with van der Waals surface area (Å²) in [6.07, 6.45) is 0.987. The molecule has 41 heavy (non-hydrogen) atoms. The number of aliphatic imine (C=N–C) groups is 1. The summed E-state index contributed by atoms with van der Waals surface area (Å²) in [5.74, 6) is -4.90. The molecule has 0 aromatic carbocycles. The quantitative estimate of drug-likeness (QED) is 0.0830. The van der Waals surface area contributed by atoms with Gasteiger partial charge in [0.15, 0.2) is 5.96 Å². The lowest BCUT2D eigenvalue weighted by Crippen LogP contribution is -2.58. The Hall–Kier alpha value is -4.44. The van der Waals surface area contributed by atoms with Crippen LogP contribution in [-0.4, -0.2) is 90.6 Å². The Morgan fingerprint density at radius 3 is 2.07 bits per heavy atom. The Balaban J connectivity index is 3.20. The van der Waals surface area contributed by atoms with Gasteiger partial charge in [0, 0.05) is 20.0 Å². The fourth-order valence-corrected chi connectivity index (χ4v) is 3.82. The van der Waals surface area contributed by atoms with E-state index in [9.17, 15) is 33.6 Å². The molecule has 0 radical (unpaired) electrons. The molecule has 12 N–H and O–H groups in total. The number of nitrogens with one attached hydrogen (secondary N) is 6. The first-order valence-electron chi connectivity index (χ1n) is 13.3. The second kappa shape index (κ2) is 17.3. The molecule has 1 fully saturated rings. The summed E-state index contributed by atoms with van der Waals surface area (Å²) < 4.78 is 0. The van der Waals surface area contributed by atoms with E-state index >= 15 is 0 Å². The first kappa shape index (κ1) is 34.6. The van der Waals surface area contributed by atoms with Crippen molar-refractivity contribution >= 4 is 47.3 Å². The van der Waals surface area contributed by atoms with Gasteiger partial charge in [-0.05, 0) is 46.0 Å². The third kappa shape index (κ3) is 13.5. The highest BCUT2D eigenvalue weighted by atomic mass is 16.2. The number of carbonyl (C=O) groups excluding carboxylic acids is 7. The van der Waals surface area contributed by atoms with Crippen molar-refractivity contribution in [1.29, 1.82) is 0 Å². The summed E-state index contributed by atoms with van der Waals surface area (Å²) in [6.45, 7) is 4.36. The maximum absolute atomic E-state index is 13.1. The van der Waals surface area contributed by atoms with Gasteiger partial charge in [-0.25, -0.2) is 0 Å². The van der Waals surface area contributed by atoms with E-state index in [2.05, 4.69) is 36.9 Å². The van der Waals surface area contributed by atoms with Crippen LogP contribution < -0.4 is 49.1 Å². The maximum Gasteiger partial charge on any atom is 0.243 e. The Morgan fingerprint density at radius 1 is 0.878 bits per heavy atom. The van der Waals surface area contributed by atoms with Gasteiger partial charge in [0.1, 0.15) is 30.2 Å². The van der Waals surface area contributed by atoms with Crippen molar-refractivity contribution in [3.63, 3.8) is 0 Å². The molecule has 1 aliphatic heterocycles. The third-order valence-electron chi connectivity index (χ3n) is 6.07. The minimum atomic E-state index is -1.34. The highest BCUT2D eigenvalue weighted by molar-refractivity contribution is 5.96. The van der Waals surface area contributed by atoms with Crippen molar-refractivity contribution in [2.24, 2.45) is 22.2 Å². The van der Waals surface area contributed by atoms with Gasteiger partial charge < -0.3 is 49.1 Å². The zero-order chi connectivity index (χ0) is 31.1. The standard InChI is InChI=1S/C24H42N10O7/c1-12-20(38)33-16(8-6-10-29-24(26)27)23(41)31-13(2)21(39)34-17(19(25)37)11-18(36)28-9-5-4-7-15(22(40)30-12)32-14(3)35/h12-13,15-17H,4-11H2,1-3H3,(H2,25,37)(H,28,36)(H,30,40)(H,31,41)(H,32,35)(H,33,38)(H,34,39)(H4,26,27,29)/t12-,13-,15-,16-,17-/m0/s1. The number of nitrogens with zero attached hydrogens (tertiary/aromatic N) is 1. The third-order valence-corrected chi connectivity index (χ3v) is 6.07. The van der Waals surface area contributed by atoms with E-state index in [4.69, 9.17) is 17.2 Å². The zero-order valence-corrected chi connectivity index (χ0v) is 23.6. The first-order valence-corrected chi connectivity index (χ1v) is 13.3. The Kier molecular flexibility index (Phi) is 14.6. The minimum absolute atomic E-state index is 0.0714. The second-order valence-corrected chi connectivity index (χ2v) is 9.74. The molecular weight excluding hydrogens is 540 g/mol. The van der Waals surface area contributed by atoms with Crippen LogP contribution in [0.3, 0.4) is 0 Å². The fraction of sp³-hybridized carbons (Fsp3) is 0.667. The van der Waals surface area contributed by atoms with E-state index < -0.39 is 78.0 Å². The molecule has 0 bridgehead atoms. The predicted molar refractivity (Wildman–Crippen MR) is 147 cm³/mol. The number of carbonyl (C=O) groups is 7. The van der Waals surface area contributed by atoms with Crippen molar-refractivity contribution in [1.82, 2.24) is 31.9 Å². The first-order chi connectivity index (χ1) is 19.2. The predicted octanol–water partition coefficient (Wildman–Crippen LogP) is -4.30. The van der Waals surface area contributed by atoms with E-state index in [1.165, 1.54) is 20.8 Å². The van der Waals surface area contributed by atoms with E-state index in [-0.39, 0.29) is 38.3 Å². The number of amides is 7. The van der Waals surface area contributed by atoms with Crippen molar-refractivity contribution in [2.45, 2.75) is 89.5 Å². The van der Waals surface area contributed by atoms with Gasteiger partial charge in [-0.2, -0.15) is 0 Å². The highest BCUT2D eigenvalue weighted by Gasteiger charge is 2.30. The van der Waals surface area contributed by atoms with Crippen molar-refractivity contribution in [2.75, 3.05) is 13.1 Å². The number of hydrogen-bond donors (Lipinski definition) is 9. The average Bonchev–Trinajstić information content (AvgIpc) is 2.87. The number of nitrogens with two attached hydrogens (primary N) is 3. The molecule has 0 aromatic heterocycles. The van der Waals surface area contributed by atoms with Crippen LogP contribution in [0.5, 0.6) is 0 Å². The normalized spacial score (nSPS) is 25.7. The van der Waals surface area contributed by atoms with Gasteiger partial charge in [-0.3, -0.25) is 38.6 Å². The topological polar surface area (TPSA) is 282 Å². The number of guanidine groups is 1. The zero-order valence-electron chi connectivity index (χ0n) is 23.6. The molecule has 5 atom stereocenters. The van der Waals surface area contributed by atoms with E-state index in [1.807, 2.05) is 0 Å². The van der Waals surface area contributed by atoms with Crippen LogP contribution in [0.2, 0.25) is 0 Å². The molecule has 0 saturated carbocycles. The summed E-state index contributed by atoms with van der Waals surface area (Å²) in [5, 5.41) is 15.0. The molecule has 1 rings (SSSR count). The van der Waals surface area contributed by atoms with Crippen LogP contribution >= 0.6 is 0 Å². The van der Waals surface area contributed by atoms with Crippen LogP contribution in [0.4, 0.5) is 0 Å². The van der Waals surface area contributed by atoms with Crippen LogP contribution in [0.15, 0.2) is 4.99 Å². The molecule has 1 heterocycles. The molecule has 230 valence electrons. The van der Waals surface area contributed by atoms with Gasteiger partial charge >= 0.3 is 0 Å². The lowest BCUT2D eigenvalue weighted by molar-refractivity contribution is -0.135. The SMILES string of the molecule is CC(=O)N[C@H]1CCCCNC(=O)C[C@@H](C(N)=O)NC(=O)[C@H](C)NC(=O)[C@H](CCCN=C(N)N)NC(=O)[C@H](C)NC1=O. The van der Waals surface area contributed by atoms with Crippen molar-refractivity contribution in [3.05, 3.63) is 0 Å². The fourth-order valence-electron chi connectivity index (χ4n) is 3.82. The molecule has 17 nitrogen and oxygen atoms in total. The highest BCUT2D eigenvalue weighted by Crippen LogP contribution is 2.05. The van der Waals surface area contributed by atoms with Gasteiger partial charge in [-0.15, -0.1) is 0 Å². The smallest absolute Gasteiger partial charge is 0.243 e. The van der Waals surface area contributed by atoms with E-state index in [0.717, 1.165) is 0 Å². The van der Waals surface area contributed by atoms with Gasteiger partial charge in [-0.1, -0.05) is 0 Å². The van der Waals surface area contributed by atoms with Crippen molar-refractivity contribution in [3.8, 4) is 0 Å². The molecule has 1 saturated heterocycles. The number of hydrogen-bond acceptors (Lipinski definition) is 8. The summed E-state index contributed by atoms with van der Waals surface area (Å²) >= 11 is 0. The van der Waals surface area contributed by atoms with Gasteiger partial charge in [0.05, 0.1) is 6.42 Å². The Labute approximate surface area is 237 Å². The lowest BCUT2D eigenvalue weighted by Gasteiger charge is -2.25. The molecule has 0 aromatic rings. The van der Waals surface area contributed by atoms with Gasteiger partial charge in [0.2, 0.25) is 41.4 Å². The van der Waals surface area contributed by atoms with Gasteiger partial charge in [0.25, 0.3) is 0 Å². The van der Waals surface area contributed by atoms with Crippen LogP contribution in [0, 0.1) is 0 Å². The average molecular weight is 583 g/mol. The molecule has 0 unspecified atom stereocenters. The number of primary amides is 1. The van der Waals surface area contributed by atoms with Crippen LogP contribution in [0.1, 0.15) is 59.3 Å². The molecule has 0 aliphatic carbocycles. The molecule has 17 heteroatoms. The Morgan fingerprint density at radius 2 is 1.49 bits per heavy atom. The summed E-state index contributed by atoms with van der Waals surface area (Å²) in [5.41, 5.74) is 16.0. The van der Waals surface area contributed by atoms with E-state index in [1.54, 1.807) is 0 Å². The maximum atomic E-state index is 13.1. The van der Waals surface area contributed by atoms with E-state index in [0.29, 0.717) is 12.8 Å². The molecule has 1 aliphatic rings. The summed E-state index contributed by atoms with van der Waals surface area (Å²) in [7, 11) is 0. The monoisotopic (exact) mass is 582 g/mol.